The van der Waals surface area contributed by atoms with Crippen molar-refractivity contribution < 1.29 is 14.3 Å². The fourth-order valence-corrected chi connectivity index (χ4v) is 3.45. The van der Waals surface area contributed by atoms with E-state index < -0.39 is 5.97 Å². The van der Waals surface area contributed by atoms with Crippen LogP contribution in [0.2, 0.25) is 5.15 Å². The number of benzene rings is 1. The van der Waals surface area contributed by atoms with Crippen LogP contribution >= 0.6 is 11.6 Å². The molecule has 130 valence electrons. The van der Waals surface area contributed by atoms with Crippen LogP contribution in [-0.2, 0) is 22.4 Å². The Labute approximate surface area is 151 Å². The van der Waals surface area contributed by atoms with Crippen LogP contribution in [0.25, 0.3) is 0 Å². The zero-order chi connectivity index (χ0) is 18.0. The molecule has 25 heavy (non-hydrogen) atoms. The van der Waals surface area contributed by atoms with Crippen LogP contribution in [0.1, 0.15) is 39.2 Å². The Morgan fingerprint density at radius 3 is 2.72 bits per heavy atom. The number of rotatable bonds is 4. The summed E-state index contributed by atoms with van der Waals surface area (Å²) in [5.41, 5.74) is 4.89. The molecular formula is C19H19ClN2O3. The first-order valence-corrected chi connectivity index (χ1v) is 8.54. The van der Waals surface area contributed by atoms with Crippen molar-refractivity contribution in [2.75, 3.05) is 11.9 Å². The van der Waals surface area contributed by atoms with Gasteiger partial charge in [-0.3, -0.25) is 4.79 Å². The van der Waals surface area contributed by atoms with E-state index in [0.29, 0.717) is 16.9 Å². The van der Waals surface area contributed by atoms with E-state index in [1.807, 2.05) is 18.2 Å². The van der Waals surface area contributed by atoms with Crippen molar-refractivity contribution in [1.82, 2.24) is 4.98 Å². The summed E-state index contributed by atoms with van der Waals surface area (Å²) < 4.78 is 5.08. The first kappa shape index (κ1) is 17.4. The summed E-state index contributed by atoms with van der Waals surface area (Å²) >= 11 is 6.02. The number of carbonyl (C=O) groups is 2. The molecule has 1 N–H and O–H groups in total. The van der Waals surface area contributed by atoms with E-state index in [1.165, 1.54) is 11.1 Å². The number of esters is 1. The predicted octanol–water partition coefficient (Wildman–Crippen LogP) is 3.64. The summed E-state index contributed by atoms with van der Waals surface area (Å²) in [7, 11) is 0. The standard InChI is InChI=1S/C19H19ClN2O3/c1-11-8-12(2)21-18(20)17(11)19(24)25-10-16(23)22-15-7-6-13-4-3-5-14(13)9-15/h6-9H,3-5,10H2,1-2H3,(H,22,23). The molecule has 0 radical (unpaired) electrons. The van der Waals surface area contributed by atoms with Gasteiger partial charge in [0.1, 0.15) is 5.15 Å². The van der Waals surface area contributed by atoms with Crippen LogP contribution in [0.4, 0.5) is 5.69 Å². The number of amides is 1. The molecule has 1 heterocycles. The van der Waals surface area contributed by atoms with E-state index in [2.05, 4.69) is 10.3 Å². The molecule has 1 aliphatic carbocycles. The average Bonchev–Trinajstić information content (AvgIpc) is 2.99. The maximum Gasteiger partial charge on any atom is 0.342 e. The largest absolute Gasteiger partial charge is 0.452 e. The van der Waals surface area contributed by atoms with Gasteiger partial charge in [0, 0.05) is 11.4 Å². The maximum absolute atomic E-state index is 12.2. The zero-order valence-electron chi connectivity index (χ0n) is 14.2. The number of fused-ring (bicyclic) bond motifs is 1. The van der Waals surface area contributed by atoms with Crippen LogP contribution in [0, 0.1) is 13.8 Å². The minimum absolute atomic E-state index is 0.0848. The Balaban J connectivity index is 1.60. The van der Waals surface area contributed by atoms with Gasteiger partial charge < -0.3 is 10.1 Å². The molecule has 0 saturated heterocycles. The van der Waals surface area contributed by atoms with Crippen molar-refractivity contribution in [2.45, 2.75) is 33.1 Å². The molecule has 1 amide bonds. The highest BCUT2D eigenvalue weighted by molar-refractivity contribution is 6.32. The van der Waals surface area contributed by atoms with E-state index in [9.17, 15) is 9.59 Å². The van der Waals surface area contributed by atoms with Crippen LogP contribution in [0.3, 0.4) is 0 Å². The first-order chi connectivity index (χ1) is 11.9. The molecule has 0 bridgehead atoms. The van der Waals surface area contributed by atoms with Crippen molar-refractivity contribution >= 4 is 29.2 Å². The van der Waals surface area contributed by atoms with Gasteiger partial charge in [0.15, 0.2) is 6.61 Å². The lowest BCUT2D eigenvalue weighted by molar-refractivity contribution is -0.119. The fraction of sp³-hybridized carbons (Fsp3) is 0.316. The summed E-state index contributed by atoms with van der Waals surface area (Å²) in [6.45, 7) is 3.17. The normalized spacial score (nSPS) is 12.6. The van der Waals surface area contributed by atoms with Crippen molar-refractivity contribution in [3.63, 3.8) is 0 Å². The van der Waals surface area contributed by atoms with Gasteiger partial charge in [-0.1, -0.05) is 17.7 Å². The highest BCUT2D eigenvalue weighted by atomic mass is 35.5. The number of hydrogen-bond donors (Lipinski definition) is 1. The van der Waals surface area contributed by atoms with Gasteiger partial charge in [-0.15, -0.1) is 0 Å². The Hall–Kier alpha value is -2.40. The molecular weight excluding hydrogens is 340 g/mol. The minimum atomic E-state index is -0.654. The molecule has 1 aromatic carbocycles. The number of aromatic nitrogens is 1. The molecule has 0 saturated carbocycles. The minimum Gasteiger partial charge on any atom is -0.452 e. The molecule has 1 aliphatic rings. The van der Waals surface area contributed by atoms with Crippen LogP contribution in [0.15, 0.2) is 24.3 Å². The summed E-state index contributed by atoms with van der Waals surface area (Å²) in [6.07, 6.45) is 3.27. The van der Waals surface area contributed by atoms with Gasteiger partial charge in [0.05, 0.1) is 5.56 Å². The topological polar surface area (TPSA) is 68.3 Å². The molecule has 0 unspecified atom stereocenters. The van der Waals surface area contributed by atoms with Crippen LogP contribution in [0.5, 0.6) is 0 Å². The number of ether oxygens (including phenoxy) is 1. The third-order valence-corrected chi connectivity index (χ3v) is 4.49. The van der Waals surface area contributed by atoms with Crippen molar-refractivity contribution in [3.05, 3.63) is 57.4 Å². The Morgan fingerprint density at radius 1 is 1.20 bits per heavy atom. The monoisotopic (exact) mass is 358 g/mol. The second-order valence-electron chi connectivity index (χ2n) is 6.21. The number of hydrogen-bond acceptors (Lipinski definition) is 4. The Bertz CT molecular complexity index is 826. The van der Waals surface area contributed by atoms with Gasteiger partial charge in [-0.25, -0.2) is 9.78 Å². The van der Waals surface area contributed by atoms with E-state index >= 15 is 0 Å². The summed E-state index contributed by atoms with van der Waals surface area (Å²) in [4.78, 5) is 28.3. The van der Waals surface area contributed by atoms with Gasteiger partial charge >= 0.3 is 5.97 Å². The molecule has 2 aromatic rings. The third kappa shape index (κ3) is 3.99. The molecule has 0 aliphatic heterocycles. The quantitative estimate of drug-likeness (QED) is 0.669. The molecule has 6 heteroatoms. The van der Waals surface area contributed by atoms with Crippen molar-refractivity contribution in [3.8, 4) is 0 Å². The van der Waals surface area contributed by atoms with E-state index in [-0.39, 0.29) is 23.2 Å². The lowest BCUT2D eigenvalue weighted by Gasteiger charge is -2.10. The second-order valence-corrected chi connectivity index (χ2v) is 6.57. The van der Waals surface area contributed by atoms with E-state index in [4.69, 9.17) is 16.3 Å². The van der Waals surface area contributed by atoms with Gasteiger partial charge in [0.2, 0.25) is 0 Å². The maximum atomic E-state index is 12.2. The highest BCUT2D eigenvalue weighted by Gasteiger charge is 2.18. The fourth-order valence-electron chi connectivity index (χ4n) is 3.09. The second kappa shape index (κ2) is 7.23. The number of carbonyl (C=O) groups excluding carboxylic acids is 2. The number of nitrogens with zero attached hydrogens (tertiary/aromatic N) is 1. The molecule has 0 atom stereocenters. The first-order valence-electron chi connectivity index (χ1n) is 8.16. The molecule has 1 aromatic heterocycles. The molecule has 0 spiro atoms. The molecule has 0 fully saturated rings. The summed E-state index contributed by atoms with van der Waals surface area (Å²) in [5, 5.41) is 2.84. The van der Waals surface area contributed by atoms with Crippen LogP contribution < -0.4 is 5.32 Å². The number of halogens is 1. The zero-order valence-corrected chi connectivity index (χ0v) is 14.9. The van der Waals surface area contributed by atoms with Gasteiger partial charge in [0.25, 0.3) is 5.91 Å². The number of aryl methyl sites for hydroxylation is 4. The molecule has 5 nitrogen and oxygen atoms in total. The number of nitrogens with one attached hydrogen (secondary N) is 1. The Morgan fingerprint density at radius 2 is 1.96 bits per heavy atom. The molecule has 3 rings (SSSR count). The third-order valence-electron chi connectivity index (χ3n) is 4.22. The van der Waals surface area contributed by atoms with Gasteiger partial charge in [-0.05, 0) is 68.0 Å². The summed E-state index contributed by atoms with van der Waals surface area (Å²) in [6, 6.07) is 7.62. The average molecular weight is 359 g/mol. The SMILES string of the molecule is Cc1cc(C)c(C(=O)OCC(=O)Nc2ccc3c(c2)CCC3)c(Cl)n1. The number of anilines is 1. The van der Waals surface area contributed by atoms with E-state index in [1.54, 1.807) is 19.9 Å². The number of pyridine rings is 1. The Kier molecular flexibility index (Phi) is 5.04. The van der Waals surface area contributed by atoms with E-state index in [0.717, 1.165) is 19.3 Å². The lowest BCUT2D eigenvalue weighted by Crippen LogP contribution is -2.21. The predicted molar refractivity (Wildman–Crippen MR) is 96.1 cm³/mol. The van der Waals surface area contributed by atoms with Gasteiger partial charge in [-0.2, -0.15) is 0 Å². The smallest absolute Gasteiger partial charge is 0.342 e. The van der Waals surface area contributed by atoms with Crippen LogP contribution in [-0.4, -0.2) is 23.5 Å². The summed E-state index contributed by atoms with van der Waals surface area (Å²) in [5.74, 6) is -1.04. The van der Waals surface area contributed by atoms with Crippen molar-refractivity contribution in [1.29, 1.82) is 0 Å². The lowest BCUT2D eigenvalue weighted by atomic mass is 10.1. The highest BCUT2D eigenvalue weighted by Crippen LogP contribution is 2.25. The van der Waals surface area contributed by atoms with Crippen molar-refractivity contribution in [2.24, 2.45) is 0 Å².